The lowest BCUT2D eigenvalue weighted by atomic mass is 10.3. The average molecular weight is 221 g/mol. The first-order valence-electron chi connectivity index (χ1n) is 4.33. The molecule has 0 bridgehead atoms. The highest BCUT2D eigenvalue weighted by atomic mass is 35.5. The number of fused-ring (bicyclic) bond motifs is 3. The fourth-order valence-corrected chi connectivity index (χ4v) is 1.70. The Kier molecular flexibility index (Phi) is 1.61. The molecule has 0 amide bonds. The minimum Gasteiger partial charge on any atom is -0.369 e. The Balaban J connectivity index is 2.67. The molecule has 0 fully saturated rings. The molecule has 0 aliphatic rings. The van der Waals surface area contributed by atoms with Gasteiger partial charge in [0.25, 0.3) is 5.56 Å². The molecule has 2 aromatic heterocycles. The predicted octanol–water partition coefficient (Wildman–Crippen LogP) is 2.09. The molecular formula is C10H5ClN2O2. The minimum atomic E-state index is -0.318. The summed E-state index contributed by atoms with van der Waals surface area (Å²) in [6.07, 6.45) is 0. The maximum absolute atomic E-state index is 11.5. The molecule has 3 aromatic rings. The topological polar surface area (TPSA) is 47.5 Å². The third-order valence-corrected chi connectivity index (χ3v) is 2.36. The molecule has 0 N–H and O–H groups in total. The van der Waals surface area contributed by atoms with Crippen LogP contribution in [0.2, 0.25) is 5.15 Å². The van der Waals surface area contributed by atoms with Crippen molar-refractivity contribution in [3.05, 3.63) is 45.8 Å². The summed E-state index contributed by atoms with van der Waals surface area (Å²) in [6, 6.07) is 8.51. The number of aromatic nitrogens is 2. The van der Waals surface area contributed by atoms with Gasteiger partial charge in [0.05, 0.1) is 5.39 Å². The molecule has 0 aliphatic carbocycles. The van der Waals surface area contributed by atoms with E-state index in [-0.39, 0.29) is 10.7 Å². The number of benzene rings is 1. The number of halogens is 1. The zero-order valence-corrected chi connectivity index (χ0v) is 8.23. The molecule has 3 rings (SSSR count). The highest BCUT2D eigenvalue weighted by Crippen LogP contribution is 2.19. The van der Waals surface area contributed by atoms with Gasteiger partial charge >= 0.3 is 0 Å². The molecule has 0 saturated carbocycles. The van der Waals surface area contributed by atoms with Gasteiger partial charge in [-0.15, -0.1) is 4.57 Å². The van der Waals surface area contributed by atoms with Gasteiger partial charge in [-0.1, -0.05) is 23.7 Å². The van der Waals surface area contributed by atoms with Gasteiger partial charge in [0.1, 0.15) is 5.15 Å². The molecule has 0 radical (unpaired) electrons. The second-order valence-electron chi connectivity index (χ2n) is 3.12. The van der Waals surface area contributed by atoms with Crippen molar-refractivity contribution in [2.75, 3.05) is 0 Å². The summed E-state index contributed by atoms with van der Waals surface area (Å²) in [5.41, 5.74) is 0.744. The van der Waals surface area contributed by atoms with Crippen LogP contribution >= 0.6 is 11.6 Å². The van der Waals surface area contributed by atoms with Crippen LogP contribution in [0.5, 0.6) is 0 Å². The van der Waals surface area contributed by atoms with Crippen LogP contribution in [0.25, 0.3) is 16.6 Å². The highest BCUT2D eigenvalue weighted by molar-refractivity contribution is 6.29. The molecule has 0 aliphatic heterocycles. The molecular weight excluding hydrogens is 216 g/mol. The molecule has 0 spiro atoms. The first-order valence-corrected chi connectivity index (χ1v) is 4.71. The number of hydrogen-bond donors (Lipinski definition) is 0. The molecule has 4 nitrogen and oxygen atoms in total. The molecule has 74 valence electrons. The van der Waals surface area contributed by atoms with Crippen molar-refractivity contribution in [2.45, 2.75) is 0 Å². The van der Waals surface area contributed by atoms with E-state index < -0.39 is 0 Å². The van der Waals surface area contributed by atoms with E-state index in [1.807, 2.05) is 18.2 Å². The molecule has 15 heavy (non-hydrogen) atoms. The summed E-state index contributed by atoms with van der Waals surface area (Å²) in [5.74, 6) is 0. The Morgan fingerprint density at radius 3 is 3.00 bits per heavy atom. The fraction of sp³-hybridized carbons (Fsp3) is 0. The van der Waals surface area contributed by atoms with Crippen LogP contribution < -0.4 is 5.56 Å². The van der Waals surface area contributed by atoms with Crippen molar-refractivity contribution in [3.63, 3.8) is 0 Å². The summed E-state index contributed by atoms with van der Waals surface area (Å²) in [5, 5.41) is 0.948. The summed E-state index contributed by atoms with van der Waals surface area (Å²) in [4.78, 5) is 15.6. The van der Waals surface area contributed by atoms with Crippen LogP contribution in [0, 0.1) is 0 Å². The van der Waals surface area contributed by atoms with Gasteiger partial charge in [0.2, 0.25) is 0 Å². The van der Waals surface area contributed by atoms with E-state index in [9.17, 15) is 4.79 Å². The Bertz CT molecular complexity index is 714. The average Bonchev–Trinajstić information content (AvgIpc) is 2.57. The third kappa shape index (κ3) is 1.15. The van der Waals surface area contributed by atoms with E-state index in [1.165, 1.54) is 6.07 Å². The van der Waals surface area contributed by atoms with Gasteiger partial charge in [0, 0.05) is 6.07 Å². The van der Waals surface area contributed by atoms with E-state index in [2.05, 4.69) is 4.98 Å². The largest absolute Gasteiger partial charge is 0.369 e. The van der Waals surface area contributed by atoms with Crippen LogP contribution in [-0.2, 0) is 0 Å². The number of nitrogens with zero attached hydrogens (tertiary/aromatic N) is 2. The van der Waals surface area contributed by atoms with Crippen molar-refractivity contribution in [1.82, 2.24) is 9.56 Å². The Hall–Kier alpha value is -1.81. The SMILES string of the molecule is O=c1cc(Cl)nc2c3ccccc3on12. The summed E-state index contributed by atoms with van der Waals surface area (Å²) < 4.78 is 6.46. The number of rotatable bonds is 0. The van der Waals surface area contributed by atoms with E-state index >= 15 is 0 Å². The van der Waals surface area contributed by atoms with Crippen molar-refractivity contribution in [2.24, 2.45) is 0 Å². The third-order valence-electron chi connectivity index (χ3n) is 2.17. The predicted molar refractivity (Wildman–Crippen MR) is 56.2 cm³/mol. The van der Waals surface area contributed by atoms with Gasteiger partial charge in [-0.2, -0.15) is 0 Å². The zero-order valence-electron chi connectivity index (χ0n) is 7.48. The molecule has 0 unspecified atom stereocenters. The zero-order chi connectivity index (χ0) is 10.4. The lowest BCUT2D eigenvalue weighted by molar-refractivity contribution is 0.396. The van der Waals surface area contributed by atoms with E-state index in [0.29, 0.717) is 11.2 Å². The summed E-state index contributed by atoms with van der Waals surface area (Å²) in [6.45, 7) is 0. The van der Waals surface area contributed by atoms with Gasteiger partial charge in [0.15, 0.2) is 11.2 Å². The number of para-hydroxylation sites is 1. The Morgan fingerprint density at radius 1 is 1.33 bits per heavy atom. The lowest BCUT2D eigenvalue weighted by Gasteiger charge is -1.89. The maximum atomic E-state index is 11.5. The van der Waals surface area contributed by atoms with Gasteiger partial charge in [-0.25, -0.2) is 4.98 Å². The second-order valence-corrected chi connectivity index (χ2v) is 3.51. The molecule has 0 saturated heterocycles. The minimum absolute atomic E-state index is 0.173. The molecule has 0 atom stereocenters. The summed E-state index contributed by atoms with van der Waals surface area (Å²) in [7, 11) is 0. The van der Waals surface area contributed by atoms with Crippen molar-refractivity contribution >= 4 is 28.2 Å². The molecule has 5 heteroatoms. The standard InChI is InChI=1S/C10H5ClN2O2/c11-8-5-9(14)13-10(12-8)6-3-1-2-4-7(6)15-13/h1-5H. The maximum Gasteiger partial charge on any atom is 0.288 e. The lowest BCUT2D eigenvalue weighted by Crippen LogP contribution is -2.10. The van der Waals surface area contributed by atoms with Crippen molar-refractivity contribution < 1.29 is 4.52 Å². The van der Waals surface area contributed by atoms with E-state index in [1.54, 1.807) is 6.07 Å². The van der Waals surface area contributed by atoms with Gasteiger partial charge in [-0.05, 0) is 12.1 Å². The van der Waals surface area contributed by atoms with Gasteiger partial charge in [-0.3, -0.25) is 4.79 Å². The smallest absolute Gasteiger partial charge is 0.288 e. The molecule has 2 heterocycles. The van der Waals surface area contributed by atoms with Crippen LogP contribution in [0.4, 0.5) is 0 Å². The Morgan fingerprint density at radius 2 is 2.13 bits per heavy atom. The fourth-order valence-electron chi connectivity index (χ4n) is 1.53. The Labute approximate surface area is 88.7 Å². The molecule has 1 aromatic carbocycles. The summed E-state index contributed by atoms with van der Waals surface area (Å²) >= 11 is 5.72. The van der Waals surface area contributed by atoms with E-state index in [4.69, 9.17) is 16.1 Å². The van der Waals surface area contributed by atoms with E-state index in [0.717, 1.165) is 9.96 Å². The first kappa shape index (κ1) is 8.49. The first-order chi connectivity index (χ1) is 7.25. The van der Waals surface area contributed by atoms with Crippen LogP contribution in [0.1, 0.15) is 0 Å². The highest BCUT2D eigenvalue weighted by Gasteiger charge is 2.09. The number of hydrogen-bond acceptors (Lipinski definition) is 3. The van der Waals surface area contributed by atoms with Crippen LogP contribution in [0.3, 0.4) is 0 Å². The van der Waals surface area contributed by atoms with Gasteiger partial charge < -0.3 is 4.52 Å². The quantitative estimate of drug-likeness (QED) is 0.545. The monoisotopic (exact) mass is 220 g/mol. The van der Waals surface area contributed by atoms with Crippen LogP contribution in [0.15, 0.2) is 39.6 Å². The van der Waals surface area contributed by atoms with Crippen molar-refractivity contribution in [3.8, 4) is 0 Å². The van der Waals surface area contributed by atoms with Crippen molar-refractivity contribution in [1.29, 1.82) is 0 Å². The second kappa shape index (κ2) is 2.84. The van der Waals surface area contributed by atoms with Crippen LogP contribution in [-0.4, -0.2) is 9.56 Å². The normalized spacial score (nSPS) is 11.3.